The van der Waals surface area contributed by atoms with Crippen LogP contribution in [0.5, 0.6) is 0 Å². The summed E-state index contributed by atoms with van der Waals surface area (Å²) in [7, 11) is 0. The first kappa shape index (κ1) is 31.6. The van der Waals surface area contributed by atoms with Crippen molar-refractivity contribution in [3.05, 3.63) is 172 Å². The molecular formula is C49H45NS2. The Hall–Kier alpha value is -3.92. The minimum Gasteiger partial charge on any atom is -0.310 e. The maximum absolute atomic E-state index is 2.76. The van der Waals surface area contributed by atoms with E-state index in [4.69, 9.17) is 0 Å². The molecule has 3 aromatic rings. The van der Waals surface area contributed by atoms with Gasteiger partial charge in [-0.2, -0.15) is 0 Å². The van der Waals surface area contributed by atoms with Gasteiger partial charge in [0.1, 0.15) is 0 Å². The van der Waals surface area contributed by atoms with Crippen LogP contribution in [0.25, 0.3) is 28.2 Å². The highest BCUT2D eigenvalue weighted by Gasteiger charge is 2.60. The third-order valence-corrected chi connectivity index (χ3v) is 16.2. The highest BCUT2D eigenvalue weighted by Crippen LogP contribution is 2.69. The van der Waals surface area contributed by atoms with Crippen molar-refractivity contribution in [2.45, 2.75) is 73.5 Å². The molecule has 6 atom stereocenters. The molecule has 6 unspecified atom stereocenters. The van der Waals surface area contributed by atoms with Crippen LogP contribution in [0.1, 0.15) is 68.2 Å². The number of aryl methyl sites for hydroxylation is 1. The zero-order valence-corrected chi connectivity index (χ0v) is 31.3. The van der Waals surface area contributed by atoms with Gasteiger partial charge in [-0.3, -0.25) is 0 Å². The van der Waals surface area contributed by atoms with Crippen LogP contribution in [0.3, 0.4) is 0 Å². The molecule has 1 nitrogen and oxygen atoms in total. The standard InChI is InChI=1S/C49H45NS2/c1-3-13-32(14-4-1)34-24-27-47-41(30-34)49(39-18-8-11-21-45(39)51-46-22-12-9-19-40(46)49)42-31-35(25-28-48(42)52-47)33-23-26-44-38(29-33)37-17-7-10-20-43(37)50(44)36-15-5-2-6-16-36/h1-3,5-6,8,10-11,13,15-16,18-21,23,25-26,28-31,39,42,45-46,48H,4,7,9,12,14,17,22,24,27H2. The van der Waals surface area contributed by atoms with Crippen molar-refractivity contribution in [3.8, 4) is 5.69 Å². The van der Waals surface area contributed by atoms with E-state index in [0.29, 0.717) is 27.6 Å². The van der Waals surface area contributed by atoms with Gasteiger partial charge in [-0.15, -0.1) is 23.5 Å². The molecule has 1 fully saturated rings. The average molecular weight is 712 g/mol. The highest BCUT2D eigenvalue weighted by atomic mass is 32.2. The monoisotopic (exact) mass is 711 g/mol. The molecule has 0 amide bonds. The van der Waals surface area contributed by atoms with Crippen LogP contribution in [0, 0.1) is 17.3 Å². The Morgan fingerprint density at radius 2 is 1.69 bits per heavy atom. The second-order valence-corrected chi connectivity index (χ2v) is 18.5. The van der Waals surface area contributed by atoms with E-state index in [-0.39, 0.29) is 5.41 Å². The van der Waals surface area contributed by atoms with Crippen LogP contribution >= 0.6 is 23.5 Å². The molecule has 1 saturated heterocycles. The van der Waals surface area contributed by atoms with E-state index in [9.17, 15) is 0 Å². The molecule has 0 radical (unpaired) electrons. The SMILES string of the molecule is C1=CCCC(C2=CC3=C(CC2)SC2C=CC(c4ccc5c(c4)c4c(n5-c5ccccc5)C=CCC4)=CC2C32C3=CCCCC3SC3C=CC=CC32)=C1. The minimum atomic E-state index is -0.0367. The number of nitrogens with zero attached hydrogens (tertiary/aromatic N) is 1. The number of rotatable bonds is 3. The summed E-state index contributed by atoms with van der Waals surface area (Å²) < 4.78 is 2.48. The lowest BCUT2D eigenvalue weighted by Crippen LogP contribution is -2.55. The van der Waals surface area contributed by atoms with E-state index < -0.39 is 0 Å². The van der Waals surface area contributed by atoms with Crippen molar-refractivity contribution in [2.24, 2.45) is 17.3 Å². The summed E-state index contributed by atoms with van der Waals surface area (Å²) >= 11 is 4.46. The van der Waals surface area contributed by atoms with Crippen LogP contribution < -0.4 is 0 Å². The maximum atomic E-state index is 2.76. The largest absolute Gasteiger partial charge is 0.310 e. The minimum absolute atomic E-state index is 0.0367. The van der Waals surface area contributed by atoms with Gasteiger partial charge in [-0.05, 0) is 132 Å². The normalized spacial score (nSPS) is 31.3. The smallest absolute Gasteiger partial charge is 0.0538 e. The van der Waals surface area contributed by atoms with Crippen molar-refractivity contribution < 1.29 is 0 Å². The summed E-state index contributed by atoms with van der Waals surface area (Å²) in [5.74, 6) is 0.840. The number of hydrogen-bond donors (Lipinski definition) is 0. The molecule has 3 heteroatoms. The average Bonchev–Trinajstić information content (AvgIpc) is 3.55. The van der Waals surface area contributed by atoms with Crippen molar-refractivity contribution >= 4 is 46.1 Å². The molecule has 2 aromatic carbocycles. The molecule has 258 valence electrons. The van der Waals surface area contributed by atoms with Crippen LogP contribution in [-0.2, 0) is 6.42 Å². The van der Waals surface area contributed by atoms with Gasteiger partial charge in [-0.25, -0.2) is 0 Å². The molecule has 11 rings (SSSR count). The molecule has 0 bridgehead atoms. The fourth-order valence-electron chi connectivity index (χ4n) is 11.0. The first-order chi connectivity index (χ1) is 25.8. The van der Waals surface area contributed by atoms with E-state index in [1.165, 1.54) is 77.5 Å². The van der Waals surface area contributed by atoms with Crippen LogP contribution in [-0.4, -0.2) is 20.3 Å². The van der Waals surface area contributed by atoms with Crippen LogP contribution in [0.4, 0.5) is 0 Å². The number of fused-ring (bicyclic) bond motifs is 10. The number of para-hydroxylation sites is 1. The Labute approximate surface area is 317 Å². The summed E-state index contributed by atoms with van der Waals surface area (Å²) in [5.41, 5.74) is 14.7. The molecule has 52 heavy (non-hydrogen) atoms. The molecular weight excluding hydrogens is 667 g/mol. The summed E-state index contributed by atoms with van der Waals surface area (Å²) in [4.78, 5) is 1.67. The van der Waals surface area contributed by atoms with Crippen molar-refractivity contribution in [2.75, 3.05) is 0 Å². The number of thioether (sulfide) groups is 2. The van der Waals surface area contributed by atoms with Crippen molar-refractivity contribution in [3.63, 3.8) is 0 Å². The molecule has 1 aromatic heterocycles. The fourth-order valence-corrected chi connectivity index (χ4v) is 14.2. The molecule has 2 aliphatic heterocycles. The zero-order valence-electron chi connectivity index (χ0n) is 29.7. The lowest BCUT2D eigenvalue weighted by molar-refractivity contribution is 0.219. The quantitative estimate of drug-likeness (QED) is 0.249. The Bertz CT molecular complexity index is 2310. The van der Waals surface area contributed by atoms with Gasteiger partial charge in [0.05, 0.1) is 5.52 Å². The second-order valence-electron chi connectivity index (χ2n) is 15.8. The van der Waals surface area contributed by atoms with E-state index >= 15 is 0 Å². The van der Waals surface area contributed by atoms with Gasteiger partial charge in [0.15, 0.2) is 0 Å². The summed E-state index contributed by atoms with van der Waals surface area (Å²) in [6.45, 7) is 0. The lowest BCUT2D eigenvalue weighted by Gasteiger charge is -2.60. The Morgan fingerprint density at radius 3 is 2.62 bits per heavy atom. The summed E-state index contributed by atoms with van der Waals surface area (Å²) in [6.07, 6.45) is 45.7. The Morgan fingerprint density at radius 1 is 0.769 bits per heavy atom. The van der Waals surface area contributed by atoms with Gasteiger partial charge >= 0.3 is 0 Å². The molecule has 0 N–H and O–H groups in total. The first-order valence-corrected chi connectivity index (χ1v) is 21.6. The number of hydrogen-bond acceptors (Lipinski definition) is 2. The predicted molar refractivity (Wildman–Crippen MR) is 225 cm³/mol. The van der Waals surface area contributed by atoms with Crippen LogP contribution in [0.2, 0.25) is 0 Å². The van der Waals surface area contributed by atoms with E-state index in [1.807, 2.05) is 0 Å². The topological polar surface area (TPSA) is 4.93 Å². The first-order valence-electron chi connectivity index (χ1n) is 19.7. The number of allylic oxidation sites excluding steroid dienone is 16. The van der Waals surface area contributed by atoms with Crippen molar-refractivity contribution in [1.29, 1.82) is 0 Å². The van der Waals surface area contributed by atoms with E-state index in [2.05, 4.69) is 162 Å². The number of benzene rings is 2. The maximum Gasteiger partial charge on any atom is 0.0538 e. The third-order valence-electron chi connectivity index (χ3n) is 13.2. The second kappa shape index (κ2) is 12.6. The van der Waals surface area contributed by atoms with Gasteiger partial charge in [-0.1, -0.05) is 103 Å². The fraction of sp³-hybridized carbons (Fsp3) is 0.306. The van der Waals surface area contributed by atoms with Gasteiger partial charge < -0.3 is 4.57 Å². The predicted octanol–water partition coefficient (Wildman–Crippen LogP) is 12.8. The van der Waals surface area contributed by atoms with Gasteiger partial charge in [0.2, 0.25) is 0 Å². The number of aromatic nitrogens is 1. The lowest BCUT2D eigenvalue weighted by atomic mass is 9.52. The van der Waals surface area contributed by atoms with E-state index in [0.717, 1.165) is 19.3 Å². The van der Waals surface area contributed by atoms with E-state index in [1.54, 1.807) is 27.2 Å². The summed E-state index contributed by atoms with van der Waals surface area (Å²) in [5, 5.41) is 2.96. The van der Waals surface area contributed by atoms with Gasteiger partial charge in [0, 0.05) is 49.8 Å². The Kier molecular flexibility index (Phi) is 7.65. The summed E-state index contributed by atoms with van der Waals surface area (Å²) in [6, 6.07) is 18.3. The molecule has 6 aliphatic carbocycles. The third kappa shape index (κ3) is 4.77. The highest BCUT2D eigenvalue weighted by molar-refractivity contribution is 8.04. The Balaban J connectivity index is 1.10. The van der Waals surface area contributed by atoms with Crippen LogP contribution in [0.15, 0.2) is 155 Å². The molecule has 0 saturated carbocycles. The van der Waals surface area contributed by atoms with Crippen molar-refractivity contribution in [1.82, 2.24) is 4.57 Å². The molecule has 8 aliphatic rings. The van der Waals surface area contributed by atoms with Gasteiger partial charge in [0.25, 0.3) is 0 Å². The molecule has 3 heterocycles. The zero-order chi connectivity index (χ0) is 34.2. The molecule has 1 spiro atoms.